The van der Waals surface area contributed by atoms with Gasteiger partial charge >= 0.3 is 0 Å². The summed E-state index contributed by atoms with van der Waals surface area (Å²) in [4.78, 5) is 26.8. The zero-order valence-electron chi connectivity index (χ0n) is 16.9. The number of amides is 2. The molecule has 0 unspecified atom stereocenters. The topological polar surface area (TPSA) is 86.9 Å². The molecule has 0 atom stereocenters. The molecule has 7 heteroatoms. The van der Waals surface area contributed by atoms with Crippen LogP contribution >= 0.6 is 0 Å². The van der Waals surface area contributed by atoms with Crippen LogP contribution in [0, 0.1) is 0 Å². The molecule has 0 radical (unpaired) electrons. The van der Waals surface area contributed by atoms with Gasteiger partial charge in [0.25, 0.3) is 5.91 Å². The largest absolute Gasteiger partial charge is 0.440 e. The molecule has 0 saturated carbocycles. The van der Waals surface area contributed by atoms with Crippen molar-refractivity contribution >= 4 is 23.9 Å². The van der Waals surface area contributed by atoms with Gasteiger partial charge in [-0.3, -0.25) is 9.59 Å². The van der Waals surface area contributed by atoms with E-state index in [0.717, 1.165) is 11.1 Å². The molecule has 1 aromatic heterocycles. The zero-order chi connectivity index (χ0) is 21.3. The van der Waals surface area contributed by atoms with Crippen LogP contribution in [0.2, 0.25) is 0 Å². The third-order valence-corrected chi connectivity index (χ3v) is 4.39. The van der Waals surface area contributed by atoms with Gasteiger partial charge in [0.2, 0.25) is 5.91 Å². The van der Waals surface area contributed by atoms with Gasteiger partial charge in [0.1, 0.15) is 5.76 Å². The van der Waals surface area contributed by atoms with E-state index in [9.17, 15) is 9.59 Å². The van der Waals surface area contributed by atoms with Crippen molar-refractivity contribution in [2.75, 3.05) is 25.5 Å². The maximum Gasteiger partial charge on any atom is 0.259 e. The lowest BCUT2D eigenvalue weighted by Crippen LogP contribution is -2.37. The van der Waals surface area contributed by atoms with Gasteiger partial charge in [0, 0.05) is 20.2 Å². The Balaban J connectivity index is 1.58. The van der Waals surface area contributed by atoms with Gasteiger partial charge < -0.3 is 14.6 Å². The molecule has 0 bridgehead atoms. The van der Waals surface area contributed by atoms with Crippen molar-refractivity contribution in [1.29, 1.82) is 0 Å². The number of benzene rings is 2. The van der Waals surface area contributed by atoms with E-state index in [4.69, 9.17) is 4.42 Å². The number of rotatable bonds is 8. The average Bonchev–Trinajstić information content (AvgIpc) is 3.23. The highest BCUT2D eigenvalue weighted by Gasteiger charge is 2.22. The Morgan fingerprint density at radius 2 is 1.57 bits per heavy atom. The number of anilines is 1. The molecule has 0 spiro atoms. The molecule has 2 amide bonds. The summed E-state index contributed by atoms with van der Waals surface area (Å²) in [6, 6.07) is 22.5. The first-order chi connectivity index (χ1) is 14.5. The minimum absolute atomic E-state index is 0.187. The van der Waals surface area contributed by atoms with Crippen molar-refractivity contribution < 1.29 is 14.0 Å². The second kappa shape index (κ2) is 10.1. The summed E-state index contributed by atoms with van der Waals surface area (Å²) >= 11 is 0. The standard InChI is InChI=1S/C23H24N4O3/c1-27(2)21-14-13-19(30-21)15-25-26-20(28)16-24-23(29)22(17-9-5-3-6-10-17)18-11-7-4-8-12-18/h3-15,22H,16H2,1-2H3,(H,24,29)(H,26,28)/b25-15-. The quantitative estimate of drug-likeness (QED) is 0.446. The molecule has 3 rings (SSSR count). The Morgan fingerprint density at radius 1 is 0.967 bits per heavy atom. The van der Waals surface area contributed by atoms with Gasteiger partial charge in [-0.15, -0.1) is 0 Å². The number of carbonyl (C=O) groups is 2. The summed E-state index contributed by atoms with van der Waals surface area (Å²) in [7, 11) is 3.73. The number of nitrogens with zero attached hydrogens (tertiary/aromatic N) is 2. The van der Waals surface area contributed by atoms with Crippen LogP contribution in [-0.2, 0) is 9.59 Å². The second-order valence-corrected chi connectivity index (χ2v) is 6.84. The number of hydrogen-bond acceptors (Lipinski definition) is 5. The van der Waals surface area contributed by atoms with E-state index in [1.54, 1.807) is 12.1 Å². The molecular weight excluding hydrogens is 380 g/mol. The predicted octanol–water partition coefficient (Wildman–Crippen LogP) is 2.74. The lowest BCUT2D eigenvalue weighted by Gasteiger charge is -2.17. The van der Waals surface area contributed by atoms with Crippen molar-refractivity contribution in [3.8, 4) is 0 Å². The molecule has 1 heterocycles. The van der Waals surface area contributed by atoms with Crippen molar-refractivity contribution in [3.63, 3.8) is 0 Å². The van der Waals surface area contributed by atoms with Crippen LogP contribution < -0.4 is 15.6 Å². The predicted molar refractivity (Wildman–Crippen MR) is 117 cm³/mol. The summed E-state index contributed by atoms with van der Waals surface area (Å²) in [5, 5.41) is 6.56. The first-order valence-corrected chi connectivity index (χ1v) is 9.51. The number of furan rings is 1. The van der Waals surface area contributed by atoms with Crippen LogP contribution in [0.4, 0.5) is 5.88 Å². The van der Waals surface area contributed by atoms with E-state index in [0.29, 0.717) is 11.6 Å². The van der Waals surface area contributed by atoms with Gasteiger partial charge in [0.05, 0.1) is 18.7 Å². The fourth-order valence-corrected chi connectivity index (χ4v) is 2.92. The molecule has 0 aliphatic rings. The van der Waals surface area contributed by atoms with Crippen molar-refractivity contribution in [3.05, 3.63) is 89.7 Å². The van der Waals surface area contributed by atoms with Gasteiger partial charge in [-0.2, -0.15) is 5.10 Å². The Bertz CT molecular complexity index is 958. The van der Waals surface area contributed by atoms with Crippen LogP contribution in [0.5, 0.6) is 0 Å². The molecule has 3 aromatic rings. The molecule has 154 valence electrons. The maximum absolute atomic E-state index is 12.9. The molecule has 0 aliphatic heterocycles. The molecule has 0 fully saturated rings. The van der Waals surface area contributed by atoms with E-state index < -0.39 is 11.8 Å². The second-order valence-electron chi connectivity index (χ2n) is 6.84. The van der Waals surface area contributed by atoms with E-state index in [2.05, 4.69) is 15.8 Å². The minimum atomic E-state index is -0.503. The zero-order valence-corrected chi connectivity index (χ0v) is 16.9. The van der Waals surface area contributed by atoms with E-state index in [1.807, 2.05) is 79.7 Å². The molecule has 7 nitrogen and oxygen atoms in total. The van der Waals surface area contributed by atoms with Crippen molar-refractivity contribution in [2.45, 2.75) is 5.92 Å². The summed E-state index contributed by atoms with van der Waals surface area (Å²) in [5.41, 5.74) is 4.10. The molecule has 0 saturated heterocycles. The first-order valence-electron chi connectivity index (χ1n) is 9.51. The van der Waals surface area contributed by atoms with E-state index >= 15 is 0 Å². The maximum atomic E-state index is 12.9. The van der Waals surface area contributed by atoms with Crippen LogP contribution in [0.1, 0.15) is 22.8 Å². The third kappa shape index (κ3) is 5.57. The fourth-order valence-electron chi connectivity index (χ4n) is 2.92. The first kappa shape index (κ1) is 20.9. The SMILES string of the molecule is CN(C)c1ccc(/C=N\NC(=O)CNC(=O)C(c2ccccc2)c2ccccc2)o1. The minimum Gasteiger partial charge on any atom is -0.440 e. The highest BCUT2D eigenvalue weighted by atomic mass is 16.4. The smallest absolute Gasteiger partial charge is 0.259 e. The number of carbonyl (C=O) groups excluding carboxylic acids is 2. The molecule has 30 heavy (non-hydrogen) atoms. The highest BCUT2D eigenvalue weighted by molar-refractivity contribution is 5.91. The molecule has 2 aromatic carbocycles. The molecular formula is C23H24N4O3. The highest BCUT2D eigenvalue weighted by Crippen LogP contribution is 2.24. The van der Waals surface area contributed by atoms with Crippen LogP contribution in [-0.4, -0.2) is 38.7 Å². The Hall–Kier alpha value is -3.87. The Labute approximate surface area is 175 Å². The Morgan fingerprint density at radius 3 is 2.10 bits per heavy atom. The summed E-state index contributed by atoms with van der Waals surface area (Å²) in [6.07, 6.45) is 1.41. The number of hydrogen-bond donors (Lipinski definition) is 2. The number of hydrazone groups is 1. The van der Waals surface area contributed by atoms with Gasteiger partial charge in [0.15, 0.2) is 5.88 Å². The van der Waals surface area contributed by atoms with E-state index in [-0.39, 0.29) is 12.5 Å². The van der Waals surface area contributed by atoms with Crippen LogP contribution in [0.25, 0.3) is 0 Å². The lowest BCUT2D eigenvalue weighted by molar-refractivity contribution is -0.126. The van der Waals surface area contributed by atoms with Gasteiger partial charge in [-0.25, -0.2) is 5.43 Å². The summed E-state index contributed by atoms with van der Waals surface area (Å²) in [6.45, 7) is -0.187. The summed E-state index contributed by atoms with van der Waals surface area (Å²) in [5.74, 6) is 0.00230. The Kier molecular flexibility index (Phi) is 7.00. The van der Waals surface area contributed by atoms with Crippen LogP contribution in [0.3, 0.4) is 0 Å². The van der Waals surface area contributed by atoms with Crippen molar-refractivity contribution in [2.24, 2.45) is 5.10 Å². The van der Waals surface area contributed by atoms with Gasteiger partial charge in [-0.05, 0) is 17.2 Å². The molecule has 2 N–H and O–H groups in total. The normalized spacial score (nSPS) is 10.9. The average molecular weight is 404 g/mol. The summed E-state index contributed by atoms with van der Waals surface area (Å²) < 4.78 is 5.51. The molecule has 0 aliphatic carbocycles. The van der Waals surface area contributed by atoms with E-state index in [1.165, 1.54) is 6.21 Å². The fraction of sp³-hybridized carbons (Fsp3) is 0.174. The lowest BCUT2D eigenvalue weighted by atomic mass is 9.90. The monoisotopic (exact) mass is 404 g/mol. The van der Waals surface area contributed by atoms with Crippen molar-refractivity contribution in [1.82, 2.24) is 10.7 Å². The third-order valence-electron chi connectivity index (χ3n) is 4.39. The van der Waals surface area contributed by atoms with Gasteiger partial charge in [-0.1, -0.05) is 60.7 Å². The number of nitrogens with one attached hydrogen (secondary N) is 2. The van der Waals surface area contributed by atoms with Crippen LogP contribution in [0.15, 0.2) is 82.3 Å².